The predicted octanol–water partition coefficient (Wildman–Crippen LogP) is 4.19. The van der Waals surface area contributed by atoms with Gasteiger partial charge in [0.05, 0.1) is 10.6 Å². The maximum Gasteiger partial charge on any atom is 0.416 e. The van der Waals surface area contributed by atoms with Crippen molar-refractivity contribution in [3.05, 3.63) is 64.2 Å². The second-order valence-electron chi connectivity index (χ2n) is 5.19. The number of hydrogen-bond donors (Lipinski definition) is 1. The van der Waals surface area contributed by atoms with Gasteiger partial charge in [-0.1, -0.05) is 41.9 Å². The Morgan fingerprint density at radius 3 is 2.38 bits per heavy atom. The van der Waals surface area contributed by atoms with Gasteiger partial charge < -0.3 is 0 Å². The first kappa shape index (κ1) is 18.8. The van der Waals surface area contributed by atoms with Gasteiger partial charge >= 0.3 is 6.18 Å². The van der Waals surface area contributed by atoms with Gasteiger partial charge in [-0.25, -0.2) is 13.1 Å². The average Bonchev–Trinajstić information content (AvgIpc) is 2.46. The Labute approximate surface area is 143 Å². The average molecular weight is 378 g/mol. The fraction of sp³-hybridized carbons (Fsp3) is 0.250. The van der Waals surface area contributed by atoms with E-state index in [-0.39, 0.29) is 28.4 Å². The second kappa shape index (κ2) is 7.13. The third-order valence-electron chi connectivity index (χ3n) is 3.44. The van der Waals surface area contributed by atoms with Gasteiger partial charge in [0.15, 0.2) is 0 Å². The fourth-order valence-corrected chi connectivity index (χ4v) is 4.22. The molecule has 0 fully saturated rings. The molecule has 0 radical (unpaired) electrons. The highest BCUT2D eigenvalue weighted by Gasteiger charge is 2.32. The normalized spacial score (nSPS) is 12.4. The van der Waals surface area contributed by atoms with Crippen molar-refractivity contribution < 1.29 is 21.6 Å². The number of sulfonamides is 1. The Morgan fingerprint density at radius 2 is 1.75 bits per heavy atom. The minimum Gasteiger partial charge on any atom is -0.211 e. The lowest BCUT2D eigenvalue weighted by atomic mass is 10.0. The van der Waals surface area contributed by atoms with Crippen LogP contribution in [0.4, 0.5) is 13.2 Å². The van der Waals surface area contributed by atoms with Crippen LogP contribution in [-0.4, -0.2) is 15.0 Å². The molecule has 0 heterocycles. The lowest BCUT2D eigenvalue weighted by molar-refractivity contribution is -0.138. The van der Waals surface area contributed by atoms with Crippen LogP contribution >= 0.6 is 11.6 Å². The number of halogens is 4. The van der Waals surface area contributed by atoms with E-state index in [0.717, 1.165) is 6.07 Å². The van der Waals surface area contributed by atoms with Crippen molar-refractivity contribution in [1.29, 1.82) is 0 Å². The van der Waals surface area contributed by atoms with Crippen molar-refractivity contribution in [2.45, 2.75) is 24.4 Å². The molecule has 3 nitrogen and oxygen atoms in total. The van der Waals surface area contributed by atoms with E-state index in [9.17, 15) is 21.6 Å². The van der Waals surface area contributed by atoms with Crippen LogP contribution in [0.15, 0.2) is 47.4 Å². The molecule has 0 bridgehead atoms. The summed E-state index contributed by atoms with van der Waals surface area (Å²) in [5.74, 6) is 0. The van der Waals surface area contributed by atoms with Crippen molar-refractivity contribution >= 4 is 21.6 Å². The summed E-state index contributed by atoms with van der Waals surface area (Å²) in [4.78, 5) is -0.0595. The molecule has 0 aromatic heterocycles. The summed E-state index contributed by atoms with van der Waals surface area (Å²) in [6.45, 7) is 1.43. The van der Waals surface area contributed by atoms with Crippen LogP contribution in [0.2, 0.25) is 5.02 Å². The Hall–Kier alpha value is -1.57. The van der Waals surface area contributed by atoms with Crippen LogP contribution in [0, 0.1) is 6.92 Å². The number of aryl methyl sites for hydroxylation is 1. The number of hydrogen-bond acceptors (Lipinski definition) is 2. The van der Waals surface area contributed by atoms with Crippen LogP contribution in [0.5, 0.6) is 0 Å². The van der Waals surface area contributed by atoms with Gasteiger partial charge in [-0.15, -0.1) is 0 Å². The molecular weight excluding hydrogens is 363 g/mol. The van der Waals surface area contributed by atoms with Crippen LogP contribution in [0.1, 0.15) is 16.7 Å². The minimum atomic E-state index is -4.48. The number of rotatable bonds is 5. The first-order valence-electron chi connectivity index (χ1n) is 7.03. The Balaban J connectivity index is 2.16. The van der Waals surface area contributed by atoms with Crippen LogP contribution < -0.4 is 4.72 Å². The van der Waals surface area contributed by atoms with E-state index in [1.165, 1.54) is 24.3 Å². The van der Waals surface area contributed by atoms with Gasteiger partial charge in [0.2, 0.25) is 10.0 Å². The molecule has 2 aromatic carbocycles. The Bertz CT molecular complexity index is 815. The summed E-state index contributed by atoms with van der Waals surface area (Å²) >= 11 is 5.93. The van der Waals surface area contributed by atoms with E-state index in [2.05, 4.69) is 4.72 Å². The Morgan fingerprint density at radius 1 is 1.08 bits per heavy atom. The van der Waals surface area contributed by atoms with Crippen molar-refractivity contribution in [1.82, 2.24) is 4.72 Å². The molecule has 0 atom stereocenters. The van der Waals surface area contributed by atoms with E-state index in [1.807, 2.05) is 0 Å². The van der Waals surface area contributed by atoms with E-state index in [4.69, 9.17) is 11.6 Å². The third-order valence-corrected chi connectivity index (χ3v) is 5.53. The standard InChI is InChI=1S/C16H15ClF3NO2S/c1-11-5-4-8-14(17)15(11)24(22,23)21-10-9-12-6-2-3-7-13(12)16(18,19)20/h2-8,21H,9-10H2,1H3. The molecule has 0 saturated heterocycles. The molecule has 0 saturated carbocycles. The molecule has 130 valence electrons. The SMILES string of the molecule is Cc1cccc(Cl)c1S(=O)(=O)NCCc1ccccc1C(F)(F)F. The third kappa shape index (κ3) is 4.28. The Kier molecular flexibility index (Phi) is 5.57. The monoisotopic (exact) mass is 377 g/mol. The van der Waals surface area contributed by atoms with Crippen LogP contribution in [0.25, 0.3) is 0 Å². The van der Waals surface area contributed by atoms with Gasteiger partial charge in [0.25, 0.3) is 0 Å². The second-order valence-corrected chi connectivity index (χ2v) is 7.30. The summed E-state index contributed by atoms with van der Waals surface area (Å²) in [5, 5.41) is 0.0678. The molecular formula is C16H15ClF3NO2S. The van der Waals surface area contributed by atoms with E-state index >= 15 is 0 Å². The molecule has 1 N–H and O–H groups in total. The molecule has 0 unspecified atom stereocenters. The molecule has 0 amide bonds. The number of alkyl halides is 3. The van der Waals surface area contributed by atoms with Crippen molar-refractivity contribution in [3.8, 4) is 0 Å². The van der Waals surface area contributed by atoms with E-state index in [1.54, 1.807) is 19.1 Å². The zero-order valence-electron chi connectivity index (χ0n) is 12.7. The molecule has 2 rings (SSSR count). The summed E-state index contributed by atoms with van der Waals surface area (Å²) in [7, 11) is -3.90. The molecule has 24 heavy (non-hydrogen) atoms. The molecule has 0 aliphatic rings. The first-order valence-corrected chi connectivity index (χ1v) is 8.89. The van der Waals surface area contributed by atoms with Crippen molar-refractivity contribution in [2.75, 3.05) is 6.54 Å². The summed E-state index contributed by atoms with van der Waals surface area (Å²) in [6.07, 6.45) is -4.56. The molecule has 0 aliphatic heterocycles. The maximum absolute atomic E-state index is 12.9. The fourth-order valence-electron chi connectivity index (χ4n) is 2.36. The van der Waals surface area contributed by atoms with E-state index < -0.39 is 21.8 Å². The zero-order chi connectivity index (χ0) is 18.0. The highest BCUT2D eigenvalue weighted by atomic mass is 35.5. The highest BCUT2D eigenvalue weighted by Crippen LogP contribution is 2.32. The quantitative estimate of drug-likeness (QED) is 0.849. The summed E-state index contributed by atoms with van der Waals surface area (Å²) in [6, 6.07) is 9.75. The first-order chi connectivity index (χ1) is 11.1. The smallest absolute Gasteiger partial charge is 0.211 e. The zero-order valence-corrected chi connectivity index (χ0v) is 14.3. The highest BCUT2D eigenvalue weighted by molar-refractivity contribution is 7.89. The molecule has 0 aliphatic carbocycles. The number of benzene rings is 2. The largest absolute Gasteiger partial charge is 0.416 e. The summed E-state index contributed by atoms with van der Waals surface area (Å²) < 4.78 is 65.7. The van der Waals surface area contributed by atoms with Crippen molar-refractivity contribution in [3.63, 3.8) is 0 Å². The number of nitrogens with one attached hydrogen (secondary N) is 1. The van der Waals surface area contributed by atoms with Gasteiger partial charge in [0, 0.05) is 6.54 Å². The lowest BCUT2D eigenvalue weighted by Gasteiger charge is -2.14. The maximum atomic E-state index is 12.9. The topological polar surface area (TPSA) is 46.2 Å². The molecule has 0 spiro atoms. The van der Waals surface area contributed by atoms with Gasteiger partial charge in [-0.3, -0.25) is 0 Å². The lowest BCUT2D eigenvalue weighted by Crippen LogP contribution is -2.27. The minimum absolute atomic E-state index is 0.0311. The summed E-state index contributed by atoms with van der Waals surface area (Å²) in [5.41, 5.74) is -0.271. The predicted molar refractivity (Wildman–Crippen MR) is 86.5 cm³/mol. The van der Waals surface area contributed by atoms with Crippen LogP contribution in [0.3, 0.4) is 0 Å². The molecule has 2 aromatic rings. The molecule has 8 heteroatoms. The van der Waals surface area contributed by atoms with Gasteiger partial charge in [0.1, 0.15) is 4.90 Å². The van der Waals surface area contributed by atoms with Gasteiger partial charge in [-0.05, 0) is 36.6 Å². The van der Waals surface area contributed by atoms with E-state index in [0.29, 0.717) is 5.56 Å². The van der Waals surface area contributed by atoms with Crippen molar-refractivity contribution in [2.24, 2.45) is 0 Å². The van der Waals surface area contributed by atoms with Crippen LogP contribution in [-0.2, 0) is 22.6 Å². The van der Waals surface area contributed by atoms with Gasteiger partial charge in [-0.2, -0.15) is 13.2 Å².